The molecule has 0 aliphatic heterocycles. The fraction of sp³-hybridized carbons (Fsp3) is 0. The Bertz CT molecular complexity index is 57.3. The average Bonchev–Trinajstić information content (AvgIpc) is 1.25. The normalized spacial score (nSPS) is 5.67. The van der Waals surface area contributed by atoms with Gasteiger partial charge < -0.3 is 25.3 Å². The first-order valence-corrected chi connectivity index (χ1v) is 1.43. The molecule has 0 spiro atoms. The third-order valence-electron chi connectivity index (χ3n) is 0. The van der Waals surface area contributed by atoms with E-state index in [9.17, 15) is 0 Å². The molecule has 0 radical (unpaired) electrons. The Hall–Kier alpha value is 0.475. The van der Waals surface area contributed by atoms with Crippen LogP contribution in [0.4, 0.5) is 4.79 Å². The molecule has 52 valence electrons. The van der Waals surface area contributed by atoms with Crippen LogP contribution in [-0.4, -0.2) is 76.5 Å². The summed E-state index contributed by atoms with van der Waals surface area (Å²) in [5.74, 6) is 0. The quantitative estimate of drug-likeness (QED) is 0.249. The zero-order valence-electron chi connectivity index (χ0n) is 3.72. The molecule has 0 aromatic rings. The van der Waals surface area contributed by atoms with Gasteiger partial charge in [0.1, 0.15) is 0 Å². The second-order valence-corrected chi connectivity index (χ2v) is 0.629. The molecule has 6 nitrogen and oxygen atoms in total. The van der Waals surface area contributed by atoms with Gasteiger partial charge in [-0.15, -0.1) is 0 Å². The van der Waals surface area contributed by atoms with Gasteiger partial charge >= 0.3 is 51.2 Å². The van der Waals surface area contributed by atoms with Crippen molar-refractivity contribution in [3.8, 4) is 0 Å². The van der Waals surface area contributed by atoms with Gasteiger partial charge in [0.15, 0.2) is 0 Å². The maximum atomic E-state index is 8.56. The molecule has 0 fully saturated rings. The molecule has 0 heterocycles. The van der Waals surface area contributed by atoms with E-state index in [0.717, 1.165) is 0 Å². The molecule has 0 aliphatic rings. The van der Waals surface area contributed by atoms with E-state index < -0.39 is 13.5 Å². The van der Waals surface area contributed by atoms with Gasteiger partial charge in [0.25, 0.3) is 0 Å². The van der Waals surface area contributed by atoms with Gasteiger partial charge in [0, 0.05) is 0 Å². The molecule has 0 rings (SSSR count). The van der Waals surface area contributed by atoms with Gasteiger partial charge in [-0.05, 0) is 0 Å². The van der Waals surface area contributed by atoms with Crippen LogP contribution in [0.5, 0.6) is 0 Å². The molecular formula is CH7BCaO6. The first-order valence-electron chi connectivity index (χ1n) is 1.43. The predicted octanol–water partition coefficient (Wildman–Crippen LogP) is -2.75. The zero-order chi connectivity index (χ0) is 7.15. The Balaban J connectivity index is -0.0000000720. The van der Waals surface area contributed by atoms with Crippen LogP contribution >= 0.6 is 0 Å². The Kier molecular flexibility index (Phi) is 20.4. The topological polar surface area (TPSA) is 118 Å². The van der Waals surface area contributed by atoms with Crippen molar-refractivity contribution >= 4 is 51.2 Å². The molecule has 9 heavy (non-hydrogen) atoms. The van der Waals surface area contributed by atoms with Gasteiger partial charge in [0.05, 0.1) is 0 Å². The summed E-state index contributed by atoms with van der Waals surface area (Å²) in [6, 6.07) is 0. The Morgan fingerprint density at radius 3 is 1.11 bits per heavy atom. The summed E-state index contributed by atoms with van der Waals surface area (Å²) in [7, 11) is -2.17. The van der Waals surface area contributed by atoms with E-state index in [2.05, 4.69) is 0 Å². The molecule has 0 saturated heterocycles. The Morgan fingerprint density at radius 2 is 1.11 bits per heavy atom. The van der Waals surface area contributed by atoms with Crippen LogP contribution < -0.4 is 0 Å². The second kappa shape index (κ2) is 11.3. The molecule has 0 atom stereocenters. The first-order chi connectivity index (χ1) is 3.46. The summed E-state index contributed by atoms with van der Waals surface area (Å²) in [6.07, 6.45) is -1.83. The summed E-state index contributed by atoms with van der Waals surface area (Å²) in [4.78, 5) is 8.56. The van der Waals surface area contributed by atoms with Crippen molar-refractivity contribution in [1.82, 2.24) is 0 Å². The number of hydrogen-bond acceptors (Lipinski definition) is 4. The minimum atomic E-state index is -2.17. The van der Waals surface area contributed by atoms with E-state index in [4.69, 9.17) is 30.1 Å². The number of carbonyl (C=O) groups is 1. The summed E-state index contributed by atoms with van der Waals surface area (Å²) in [5, 5.41) is 35.4. The Labute approximate surface area is 80.9 Å². The van der Waals surface area contributed by atoms with Gasteiger partial charge in [-0.2, -0.15) is 0 Å². The van der Waals surface area contributed by atoms with Gasteiger partial charge in [-0.3, -0.25) is 0 Å². The molecule has 0 amide bonds. The van der Waals surface area contributed by atoms with Crippen LogP contribution in [0.1, 0.15) is 0 Å². The predicted molar refractivity (Wildman–Crippen MR) is 31.6 cm³/mol. The number of rotatable bonds is 0. The van der Waals surface area contributed by atoms with Crippen LogP contribution in [0.25, 0.3) is 0 Å². The van der Waals surface area contributed by atoms with E-state index >= 15 is 0 Å². The summed E-state index contributed by atoms with van der Waals surface area (Å²) < 4.78 is 0. The van der Waals surface area contributed by atoms with Gasteiger partial charge in [0.2, 0.25) is 0 Å². The van der Waals surface area contributed by atoms with E-state index in [1.165, 1.54) is 0 Å². The average molecular weight is 166 g/mol. The van der Waals surface area contributed by atoms with Crippen LogP contribution in [0, 0.1) is 0 Å². The SMILES string of the molecule is O=C(O)O.OB(O)O.[CaH2]. The van der Waals surface area contributed by atoms with Gasteiger partial charge in [-0.1, -0.05) is 0 Å². The standard InChI is InChI=1S/CH2O3.BH3O3.Ca.2H/c2*2-1(3)4;;;/h(H2,2,3,4);2-4H;;;. The molecule has 0 aromatic heterocycles. The molecule has 0 aliphatic carbocycles. The van der Waals surface area contributed by atoms with Gasteiger partial charge in [-0.25, -0.2) is 4.79 Å². The van der Waals surface area contributed by atoms with Crippen LogP contribution in [0.3, 0.4) is 0 Å². The molecule has 8 heteroatoms. The summed E-state index contributed by atoms with van der Waals surface area (Å²) in [6.45, 7) is 0. The fourth-order valence-corrected chi connectivity index (χ4v) is 0. The second-order valence-electron chi connectivity index (χ2n) is 0.629. The van der Waals surface area contributed by atoms with E-state index in [1.807, 2.05) is 0 Å². The van der Waals surface area contributed by atoms with Crippen molar-refractivity contribution < 1.29 is 30.1 Å². The molecule has 0 aromatic carbocycles. The first kappa shape index (κ1) is 16.2. The molecule has 0 saturated carbocycles. The van der Waals surface area contributed by atoms with Crippen LogP contribution in [-0.2, 0) is 0 Å². The number of carboxylic acid groups (broad SMARTS) is 2. The Morgan fingerprint density at radius 1 is 1.11 bits per heavy atom. The van der Waals surface area contributed by atoms with E-state index in [0.29, 0.717) is 0 Å². The molecule has 5 N–H and O–H groups in total. The summed E-state index contributed by atoms with van der Waals surface area (Å²) >= 11 is 0. The van der Waals surface area contributed by atoms with Crippen molar-refractivity contribution in [3.63, 3.8) is 0 Å². The third kappa shape index (κ3) is 1580. The summed E-state index contributed by atoms with van der Waals surface area (Å²) in [5.41, 5.74) is 0. The molecule has 0 bridgehead atoms. The molecule has 0 unspecified atom stereocenters. The minimum absolute atomic E-state index is 0. The van der Waals surface area contributed by atoms with Crippen molar-refractivity contribution in [2.45, 2.75) is 0 Å². The third-order valence-corrected chi connectivity index (χ3v) is 0. The van der Waals surface area contributed by atoms with Crippen molar-refractivity contribution in [2.24, 2.45) is 0 Å². The number of hydrogen-bond donors (Lipinski definition) is 5. The van der Waals surface area contributed by atoms with Crippen molar-refractivity contribution in [2.75, 3.05) is 0 Å². The van der Waals surface area contributed by atoms with E-state index in [-0.39, 0.29) is 37.7 Å². The van der Waals surface area contributed by atoms with Crippen LogP contribution in [0.15, 0.2) is 0 Å². The monoisotopic (exact) mass is 166 g/mol. The maximum absolute atomic E-state index is 8.56. The molecular weight excluding hydrogens is 159 g/mol. The van der Waals surface area contributed by atoms with E-state index in [1.54, 1.807) is 0 Å². The fourth-order valence-electron chi connectivity index (χ4n) is 0. The zero-order valence-corrected chi connectivity index (χ0v) is 3.72. The van der Waals surface area contributed by atoms with Crippen molar-refractivity contribution in [1.29, 1.82) is 0 Å². The van der Waals surface area contributed by atoms with Crippen molar-refractivity contribution in [3.05, 3.63) is 0 Å². The van der Waals surface area contributed by atoms with Crippen LogP contribution in [0.2, 0.25) is 0 Å².